The van der Waals surface area contributed by atoms with E-state index in [0.717, 1.165) is 5.56 Å². The Kier molecular flexibility index (Phi) is 3.37. The first-order valence-corrected chi connectivity index (χ1v) is 5.65. The molecule has 94 valence electrons. The van der Waals surface area contributed by atoms with Crippen LogP contribution in [0.2, 0.25) is 0 Å². The molecule has 1 amide bonds. The molecule has 0 radical (unpaired) electrons. The summed E-state index contributed by atoms with van der Waals surface area (Å²) in [5.41, 5.74) is 1.24. The zero-order chi connectivity index (χ0) is 13.1. The molecule has 0 fully saturated rings. The van der Waals surface area contributed by atoms with E-state index in [9.17, 15) is 9.90 Å². The summed E-state index contributed by atoms with van der Waals surface area (Å²) in [7, 11) is 1.67. The minimum absolute atomic E-state index is 0.00288. The predicted octanol–water partition coefficient (Wildman–Crippen LogP) is 2.57. The maximum Gasteiger partial charge on any atom is 0.257 e. The molecule has 18 heavy (non-hydrogen) atoms. The standard InChI is InChI=1S/C14H15NO3/c1-10-5-6-13(16)12(8-10)14(17)15(2)9-11-4-3-7-18-11/h3-8,16H,9H2,1-2H3. The normalized spacial score (nSPS) is 10.3. The zero-order valence-corrected chi connectivity index (χ0v) is 10.4. The van der Waals surface area contributed by atoms with E-state index in [2.05, 4.69) is 0 Å². The molecule has 0 aliphatic heterocycles. The molecule has 1 aromatic carbocycles. The Morgan fingerprint density at radius 1 is 1.39 bits per heavy atom. The zero-order valence-electron chi connectivity index (χ0n) is 10.4. The second-order valence-corrected chi connectivity index (χ2v) is 4.26. The first-order chi connectivity index (χ1) is 8.58. The lowest BCUT2D eigenvalue weighted by Gasteiger charge is -2.16. The van der Waals surface area contributed by atoms with Crippen LogP contribution < -0.4 is 0 Å². The number of phenolic OH excluding ortho intramolecular Hbond substituents is 1. The topological polar surface area (TPSA) is 53.7 Å². The largest absolute Gasteiger partial charge is 0.507 e. The molecule has 0 atom stereocenters. The van der Waals surface area contributed by atoms with Gasteiger partial charge in [-0.15, -0.1) is 0 Å². The third-order valence-electron chi connectivity index (χ3n) is 2.70. The fraction of sp³-hybridized carbons (Fsp3) is 0.214. The quantitative estimate of drug-likeness (QED) is 0.904. The van der Waals surface area contributed by atoms with Gasteiger partial charge in [-0.25, -0.2) is 0 Å². The van der Waals surface area contributed by atoms with Crippen LogP contribution in [-0.2, 0) is 6.54 Å². The number of hydrogen-bond acceptors (Lipinski definition) is 3. The highest BCUT2D eigenvalue weighted by molar-refractivity contribution is 5.96. The van der Waals surface area contributed by atoms with Crippen molar-refractivity contribution in [2.45, 2.75) is 13.5 Å². The molecule has 0 aliphatic carbocycles. The molecule has 4 heteroatoms. The number of rotatable bonds is 3. The van der Waals surface area contributed by atoms with Gasteiger partial charge < -0.3 is 14.4 Å². The number of hydrogen-bond donors (Lipinski definition) is 1. The number of carbonyl (C=O) groups is 1. The van der Waals surface area contributed by atoms with E-state index < -0.39 is 0 Å². The number of amides is 1. The summed E-state index contributed by atoms with van der Waals surface area (Å²) in [4.78, 5) is 13.7. The monoisotopic (exact) mass is 245 g/mol. The lowest BCUT2D eigenvalue weighted by molar-refractivity contribution is 0.0772. The van der Waals surface area contributed by atoms with Crippen molar-refractivity contribution in [3.63, 3.8) is 0 Å². The van der Waals surface area contributed by atoms with E-state index in [-0.39, 0.29) is 11.7 Å². The predicted molar refractivity (Wildman–Crippen MR) is 67.3 cm³/mol. The molecule has 0 saturated heterocycles. The average Bonchev–Trinajstić information content (AvgIpc) is 2.84. The fourth-order valence-corrected chi connectivity index (χ4v) is 1.73. The molecule has 4 nitrogen and oxygen atoms in total. The highest BCUT2D eigenvalue weighted by Crippen LogP contribution is 2.20. The molecule has 1 heterocycles. The molecule has 1 aromatic heterocycles. The van der Waals surface area contributed by atoms with Gasteiger partial charge in [-0.1, -0.05) is 11.6 Å². The van der Waals surface area contributed by atoms with Gasteiger partial charge in [-0.2, -0.15) is 0 Å². The molecule has 0 unspecified atom stereocenters. The highest BCUT2D eigenvalue weighted by atomic mass is 16.3. The Morgan fingerprint density at radius 3 is 2.83 bits per heavy atom. The summed E-state index contributed by atoms with van der Waals surface area (Å²) in [6, 6.07) is 8.55. The SMILES string of the molecule is Cc1ccc(O)c(C(=O)N(C)Cc2ccco2)c1. The number of carbonyl (C=O) groups excluding carboxylic acids is 1. The van der Waals surface area contributed by atoms with Crippen molar-refractivity contribution in [3.8, 4) is 5.75 Å². The van der Waals surface area contributed by atoms with Crippen molar-refractivity contribution >= 4 is 5.91 Å². The van der Waals surface area contributed by atoms with Gasteiger partial charge >= 0.3 is 0 Å². The van der Waals surface area contributed by atoms with Crippen LogP contribution in [0.25, 0.3) is 0 Å². The summed E-state index contributed by atoms with van der Waals surface area (Å²) in [5, 5.41) is 9.71. The first kappa shape index (κ1) is 12.2. The van der Waals surface area contributed by atoms with Gasteiger partial charge in [0, 0.05) is 7.05 Å². The van der Waals surface area contributed by atoms with Crippen molar-refractivity contribution in [1.29, 1.82) is 0 Å². The molecule has 1 N–H and O–H groups in total. The lowest BCUT2D eigenvalue weighted by Crippen LogP contribution is -2.26. The molecular weight excluding hydrogens is 230 g/mol. The van der Waals surface area contributed by atoms with E-state index in [1.807, 2.05) is 6.92 Å². The molecule has 2 rings (SSSR count). The van der Waals surface area contributed by atoms with E-state index >= 15 is 0 Å². The minimum atomic E-state index is -0.229. The number of nitrogens with zero attached hydrogens (tertiary/aromatic N) is 1. The third-order valence-corrected chi connectivity index (χ3v) is 2.70. The van der Waals surface area contributed by atoms with Gasteiger partial charge in [0.25, 0.3) is 5.91 Å². The van der Waals surface area contributed by atoms with Gasteiger partial charge in [0.1, 0.15) is 11.5 Å². The number of aryl methyl sites for hydroxylation is 1. The van der Waals surface area contributed by atoms with Gasteiger partial charge in [0.15, 0.2) is 0 Å². The van der Waals surface area contributed by atoms with Crippen LogP contribution in [0.5, 0.6) is 5.75 Å². The van der Waals surface area contributed by atoms with Gasteiger partial charge in [-0.3, -0.25) is 4.79 Å². The highest BCUT2D eigenvalue weighted by Gasteiger charge is 2.16. The van der Waals surface area contributed by atoms with E-state index in [1.54, 1.807) is 37.6 Å². The van der Waals surface area contributed by atoms with Crippen molar-refractivity contribution in [3.05, 3.63) is 53.5 Å². The Labute approximate surface area is 105 Å². The molecule has 0 aliphatic rings. The van der Waals surface area contributed by atoms with Crippen molar-refractivity contribution in [2.75, 3.05) is 7.05 Å². The van der Waals surface area contributed by atoms with Crippen LogP contribution in [-0.4, -0.2) is 23.0 Å². The van der Waals surface area contributed by atoms with Gasteiger partial charge in [-0.05, 0) is 31.2 Å². The van der Waals surface area contributed by atoms with E-state index in [1.165, 1.54) is 11.0 Å². The van der Waals surface area contributed by atoms with Crippen LogP contribution in [0.3, 0.4) is 0 Å². The number of aromatic hydroxyl groups is 1. The molecule has 0 bridgehead atoms. The Bertz CT molecular complexity index is 546. The van der Waals surface area contributed by atoms with Crippen molar-refractivity contribution in [2.24, 2.45) is 0 Å². The summed E-state index contributed by atoms with van der Waals surface area (Å²) in [6.45, 7) is 2.25. The molecule has 2 aromatic rings. The van der Waals surface area contributed by atoms with Crippen molar-refractivity contribution in [1.82, 2.24) is 4.90 Å². The third kappa shape index (κ3) is 2.53. The summed E-state index contributed by atoms with van der Waals surface area (Å²) < 4.78 is 5.19. The van der Waals surface area contributed by atoms with Crippen LogP contribution in [0.15, 0.2) is 41.0 Å². The Morgan fingerprint density at radius 2 is 2.17 bits per heavy atom. The fourth-order valence-electron chi connectivity index (χ4n) is 1.73. The summed E-state index contributed by atoms with van der Waals surface area (Å²) in [6.07, 6.45) is 1.57. The maximum atomic E-state index is 12.2. The van der Waals surface area contributed by atoms with Crippen molar-refractivity contribution < 1.29 is 14.3 Å². The van der Waals surface area contributed by atoms with Crippen LogP contribution in [0, 0.1) is 6.92 Å². The van der Waals surface area contributed by atoms with Crippen LogP contribution in [0.1, 0.15) is 21.7 Å². The number of benzene rings is 1. The maximum absolute atomic E-state index is 12.2. The lowest BCUT2D eigenvalue weighted by atomic mass is 10.1. The number of phenols is 1. The van der Waals surface area contributed by atoms with Crippen LogP contribution in [0.4, 0.5) is 0 Å². The molecular formula is C14H15NO3. The Balaban J connectivity index is 2.17. The minimum Gasteiger partial charge on any atom is -0.507 e. The first-order valence-electron chi connectivity index (χ1n) is 5.65. The smallest absolute Gasteiger partial charge is 0.257 e. The van der Waals surface area contributed by atoms with Gasteiger partial charge in [0.05, 0.1) is 18.4 Å². The summed E-state index contributed by atoms with van der Waals surface area (Å²) in [5.74, 6) is 0.475. The summed E-state index contributed by atoms with van der Waals surface area (Å²) >= 11 is 0. The van der Waals surface area contributed by atoms with Gasteiger partial charge in [0.2, 0.25) is 0 Å². The second-order valence-electron chi connectivity index (χ2n) is 4.26. The molecule has 0 saturated carbocycles. The average molecular weight is 245 g/mol. The number of furan rings is 1. The Hall–Kier alpha value is -2.23. The van der Waals surface area contributed by atoms with Crippen LogP contribution >= 0.6 is 0 Å². The van der Waals surface area contributed by atoms with E-state index in [4.69, 9.17) is 4.42 Å². The van der Waals surface area contributed by atoms with E-state index in [0.29, 0.717) is 17.9 Å². The second kappa shape index (κ2) is 4.96. The molecule has 0 spiro atoms.